The van der Waals surface area contributed by atoms with E-state index in [2.05, 4.69) is 5.32 Å². The van der Waals surface area contributed by atoms with Gasteiger partial charge in [-0.05, 0) is 49.2 Å². The highest BCUT2D eigenvalue weighted by Gasteiger charge is 2.50. The minimum atomic E-state index is -4.44. The van der Waals surface area contributed by atoms with Crippen LogP contribution in [0.3, 0.4) is 0 Å². The van der Waals surface area contributed by atoms with Gasteiger partial charge < -0.3 is 5.32 Å². The van der Waals surface area contributed by atoms with Crippen LogP contribution in [-0.2, 0) is 24.5 Å². The number of benzene rings is 4. The molecule has 41 heavy (non-hydrogen) atoms. The molecule has 0 saturated heterocycles. The molecule has 0 aliphatic carbocycles. The Labute approximate surface area is 242 Å². The fraction of sp³-hybridized carbons (Fsp3) is 0.182. The molecule has 1 N–H and O–H groups in total. The van der Waals surface area contributed by atoms with Crippen molar-refractivity contribution in [3.63, 3.8) is 0 Å². The first kappa shape index (κ1) is 30.0. The number of carbonyl (C=O) groups excluding carboxylic acids is 1. The highest BCUT2D eigenvalue weighted by atomic mass is 32.3. The smallest absolute Gasteiger partial charge is 0.221 e. The summed E-state index contributed by atoms with van der Waals surface area (Å²) in [5, 5.41) is 3.00. The standard InChI is InChI=1S/C33H33NO5S2/c1-26(27-15-7-3-8-16-27)34-32(35)25-29(28-17-9-4-10-18-28)23-24-33(2,40(36,37)30-19-11-5-12-20-30)41(38,39)31-21-13-6-14-22-31/h3-24,26,29H,25H2,1-2H3,(H,34,35)/b24-23+/t26-,29-/m0/s1. The second-order valence-electron chi connectivity index (χ2n) is 9.93. The number of hydrogen-bond donors (Lipinski definition) is 1. The predicted molar refractivity (Wildman–Crippen MR) is 162 cm³/mol. The molecular formula is C33H33NO5S2. The number of nitrogens with one attached hydrogen (secondary N) is 1. The fourth-order valence-corrected chi connectivity index (χ4v) is 8.82. The minimum absolute atomic E-state index is 0.00939. The zero-order valence-electron chi connectivity index (χ0n) is 22.9. The summed E-state index contributed by atoms with van der Waals surface area (Å²) in [7, 11) is -8.89. The average molecular weight is 588 g/mol. The highest BCUT2D eigenvalue weighted by Crippen LogP contribution is 2.38. The van der Waals surface area contributed by atoms with Crippen LogP contribution in [0.4, 0.5) is 0 Å². The van der Waals surface area contributed by atoms with E-state index in [0.29, 0.717) is 0 Å². The van der Waals surface area contributed by atoms with E-state index in [1.54, 1.807) is 36.4 Å². The maximum absolute atomic E-state index is 14.0. The van der Waals surface area contributed by atoms with E-state index in [4.69, 9.17) is 0 Å². The molecule has 0 radical (unpaired) electrons. The molecule has 4 aromatic carbocycles. The van der Waals surface area contributed by atoms with Crippen molar-refractivity contribution in [1.29, 1.82) is 0 Å². The van der Waals surface area contributed by atoms with Gasteiger partial charge in [0.15, 0.2) is 4.08 Å². The molecule has 6 nitrogen and oxygen atoms in total. The van der Waals surface area contributed by atoms with Crippen molar-refractivity contribution >= 4 is 25.6 Å². The third-order valence-electron chi connectivity index (χ3n) is 7.12. The molecule has 8 heteroatoms. The zero-order valence-corrected chi connectivity index (χ0v) is 24.6. The molecule has 0 unspecified atom stereocenters. The molecule has 1 amide bonds. The van der Waals surface area contributed by atoms with Crippen LogP contribution in [0.15, 0.2) is 143 Å². The lowest BCUT2D eigenvalue weighted by Crippen LogP contribution is -2.42. The monoisotopic (exact) mass is 587 g/mol. The Bertz CT molecular complexity index is 1620. The van der Waals surface area contributed by atoms with Crippen LogP contribution >= 0.6 is 0 Å². The lowest BCUT2D eigenvalue weighted by molar-refractivity contribution is -0.121. The first-order valence-electron chi connectivity index (χ1n) is 13.2. The summed E-state index contributed by atoms with van der Waals surface area (Å²) in [5.41, 5.74) is 1.70. The Hall–Kier alpha value is -4.01. The topological polar surface area (TPSA) is 97.4 Å². The Morgan fingerprint density at radius 2 is 1.07 bits per heavy atom. The van der Waals surface area contributed by atoms with Crippen molar-refractivity contribution in [2.75, 3.05) is 0 Å². The molecule has 0 bridgehead atoms. The SMILES string of the molecule is C[C@H](NC(=O)C[C@H](/C=C/C(C)(S(=O)(=O)c1ccccc1)S(=O)(=O)c1ccccc1)c1ccccc1)c1ccccc1. The number of amides is 1. The number of hydrogen-bond acceptors (Lipinski definition) is 5. The van der Waals surface area contributed by atoms with Crippen LogP contribution in [0.5, 0.6) is 0 Å². The summed E-state index contributed by atoms with van der Waals surface area (Å²) in [6, 6.07) is 33.5. The fourth-order valence-electron chi connectivity index (χ4n) is 4.60. The Kier molecular flexibility index (Phi) is 9.25. The lowest BCUT2D eigenvalue weighted by Gasteiger charge is -2.27. The van der Waals surface area contributed by atoms with Gasteiger partial charge in [-0.2, -0.15) is 0 Å². The van der Waals surface area contributed by atoms with Crippen molar-refractivity contribution in [1.82, 2.24) is 5.32 Å². The van der Waals surface area contributed by atoms with Gasteiger partial charge in [0.05, 0.1) is 15.8 Å². The summed E-state index contributed by atoms with van der Waals surface area (Å²) in [6.45, 7) is 3.09. The summed E-state index contributed by atoms with van der Waals surface area (Å²) in [4.78, 5) is 13.0. The number of sulfone groups is 2. The molecule has 4 rings (SSSR count). The summed E-state index contributed by atoms with van der Waals surface area (Å²) in [6.07, 6.45) is 2.75. The van der Waals surface area contributed by atoms with E-state index < -0.39 is 29.7 Å². The molecule has 0 heterocycles. The molecule has 212 valence electrons. The van der Waals surface area contributed by atoms with E-state index in [1.807, 2.05) is 67.6 Å². The molecule has 2 atom stereocenters. The molecule has 0 aliphatic rings. The zero-order chi connectivity index (χ0) is 29.5. The second-order valence-corrected chi connectivity index (χ2v) is 14.8. The van der Waals surface area contributed by atoms with E-state index >= 15 is 0 Å². The summed E-state index contributed by atoms with van der Waals surface area (Å²) < 4.78 is 53.8. The van der Waals surface area contributed by atoms with Gasteiger partial charge in [0.2, 0.25) is 25.6 Å². The summed E-state index contributed by atoms with van der Waals surface area (Å²) in [5.74, 6) is -0.839. The third-order valence-corrected chi connectivity index (χ3v) is 12.6. The quantitative estimate of drug-likeness (QED) is 0.209. The lowest BCUT2D eigenvalue weighted by atomic mass is 9.94. The van der Waals surface area contributed by atoms with Crippen molar-refractivity contribution in [3.8, 4) is 0 Å². The summed E-state index contributed by atoms with van der Waals surface area (Å²) >= 11 is 0. The normalized spacial score (nSPS) is 13.9. The molecule has 0 aromatic heterocycles. The molecule has 0 aliphatic heterocycles. The predicted octanol–water partition coefficient (Wildman–Crippen LogP) is 6.26. The number of carbonyl (C=O) groups is 1. The molecule has 0 saturated carbocycles. The van der Waals surface area contributed by atoms with Gasteiger partial charge in [-0.1, -0.05) is 109 Å². The number of allylic oxidation sites excluding steroid dienone is 1. The molecular weight excluding hydrogens is 554 g/mol. The van der Waals surface area contributed by atoms with Crippen LogP contribution in [0.25, 0.3) is 0 Å². The molecule has 0 fully saturated rings. The van der Waals surface area contributed by atoms with Gasteiger partial charge in [-0.15, -0.1) is 0 Å². The second kappa shape index (κ2) is 12.7. The van der Waals surface area contributed by atoms with Crippen LogP contribution in [0.1, 0.15) is 43.4 Å². The van der Waals surface area contributed by atoms with Gasteiger partial charge in [0.25, 0.3) is 0 Å². The van der Waals surface area contributed by atoms with Gasteiger partial charge in [-0.25, -0.2) is 16.8 Å². The minimum Gasteiger partial charge on any atom is -0.350 e. The third kappa shape index (κ3) is 6.50. The Balaban J connectivity index is 1.76. The van der Waals surface area contributed by atoms with Gasteiger partial charge >= 0.3 is 0 Å². The van der Waals surface area contributed by atoms with E-state index in [9.17, 15) is 21.6 Å². The molecule has 4 aromatic rings. The first-order valence-corrected chi connectivity index (χ1v) is 16.2. The van der Waals surface area contributed by atoms with Crippen LogP contribution in [-0.4, -0.2) is 26.8 Å². The number of rotatable bonds is 11. The van der Waals surface area contributed by atoms with Crippen molar-refractivity contribution in [2.24, 2.45) is 0 Å². The van der Waals surface area contributed by atoms with Gasteiger partial charge in [-0.3, -0.25) is 4.79 Å². The molecule has 0 spiro atoms. The maximum atomic E-state index is 14.0. The Morgan fingerprint density at radius 1 is 0.683 bits per heavy atom. The van der Waals surface area contributed by atoms with E-state index in [0.717, 1.165) is 11.1 Å². The van der Waals surface area contributed by atoms with Gasteiger partial charge in [0.1, 0.15) is 0 Å². The first-order chi connectivity index (χ1) is 19.6. The van der Waals surface area contributed by atoms with Crippen molar-refractivity contribution < 1.29 is 21.6 Å². The van der Waals surface area contributed by atoms with E-state index in [-0.39, 0.29) is 28.2 Å². The maximum Gasteiger partial charge on any atom is 0.221 e. The van der Waals surface area contributed by atoms with Crippen LogP contribution < -0.4 is 5.32 Å². The van der Waals surface area contributed by atoms with Crippen LogP contribution in [0.2, 0.25) is 0 Å². The largest absolute Gasteiger partial charge is 0.350 e. The van der Waals surface area contributed by atoms with Crippen molar-refractivity contribution in [2.45, 2.75) is 46.1 Å². The highest BCUT2D eigenvalue weighted by molar-refractivity contribution is 8.10. The van der Waals surface area contributed by atoms with E-state index in [1.165, 1.54) is 43.3 Å². The average Bonchev–Trinajstić information content (AvgIpc) is 3.00. The Morgan fingerprint density at radius 3 is 1.51 bits per heavy atom. The van der Waals surface area contributed by atoms with Crippen molar-refractivity contribution in [3.05, 3.63) is 145 Å². The van der Waals surface area contributed by atoms with Crippen LogP contribution in [0, 0.1) is 0 Å². The van der Waals surface area contributed by atoms with Gasteiger partial charge in [0, 0.05) is 12.3 Å².